The number of aliphatic hydroxyl groups excluding tert-OH is 11. The first-order chi connectivity index (χ1) is 47.3. The van der Waals surface area contributed by atoms with Gasteiger partial charge in [0.05, 0.1) is 38.6 Å². The van der Waals surface area contributed by atoms with E-state index in [0.29, 0.717) is 12.8 Å². The van der Waals surface area contributed by atoms with Crippen molar-refractivity contribution in [2.75, 3.05) is 26.4 Å². The van der Waals surface area contributed by atoms with Gasteiger partial charge in [0.2, 0.25) is 5.91 Å². The van der Waals surface area contributed by atoms with E-state index in [2.05, 4.69) is 153 Å². The van der Waals surface area contributed by atoms with E-state index in [1.165, 1.54) is 57.8 Å². The molecule has 0 aromatic heterocycles. The summed E-state index contributed by atoms with van der Waals surface area (Å²) >= 11 is 0. The summed E-state index contributed by atoms with van der Waals surface area (Å²) in [5.74, 6) is -0.303. The lowest BCUT2D eigenvalue weighted by Gasteiger charge is -2.48. The Morgan fingerprint density at radius 2 is 0.722 bits per heavy atom. The molecule has 0 spiro atoms. The molecule has 12 N–H and O–H groups in total. The number of unbranched alkanes of at least 4 members (excludes halogenated alkanes) is 16. The topological polar surface area (TPSA) is 307 Å². The summed E-state index contributed by atoms with van der Waals surface area (Å²) in [7, 11) is 0. The Balaban J connectivity index is 1.37. The maximum Gasteiger partial charge on any atom is 0.220 e. The lowest BCUT2D eigenvalue weighted by atomic mass is 9.96. The maximum absolute atomic E-state index is 13.4. The van der Waals surface area contributed by atoms with E-state index in [1.807, 2.05) is 6.08 Å². The average Bonchev–Trinajstić information content (AvgIpc) is 0.789. The number of ether oxygens (including phenoxy) is 6. The van der Waals surface area contributed by atoms with Crippen LogP contribution in [0, 0.1) is 0 Å². The minimum atomic E-state index is -1.99. The molecular formula is C78H127NO18. The third-order valence-corrected chi connectivity index (χ3v) is 17.1. The Labute approximate surface area is 581 Å². The zero-order valence-electron chi connectivity index (χ0n) is 58.5. The predicted molar refractivity (Wildman–Crippen MR) is 382 cm³/mol. The number of aliphatic hydroxyl groups is 11. The highest BCUT2D eigenvalue weighted by Gasteiger charge is 2.53. The van der Waals surface area contributed by atoms with E-state index < -0.39 is 124 Å². The summed E-state index contributed by atoms with van der Waals surface area (Å²) in [6, 6.07) is -1.01. The van der Waals surface area contributed by atoms with Crippen LogP contribution in [0.15, 0.2) is 146 Å². The van der Waals surface area contributed by atoms with Gasteiger partial charge in [-0.15, -0.1) is 0 Å². The lowest BCUT2D eigenvalue weighted by molar-refractivity contribution is -0.379. The van der Waals surface area contributed by atoms with E-state index in [9.17, 15) is 61.0 Å². The molecule has 17 atom stereocenters. The van der Waals surface area contributed by atoms with Crippen molar-refractivity contribution in [2.24, 2.45) is 0 Å². The van der Waals surface area contributed by atoms with Gasteiger partial charge in [0, 0.05) is 6.42 Å². The second kappa shape index (κ2) is 57.3. The lowest BCUT2D eigenvalue weighted by Crippen LogP contribution is -2.66. The van der Waals surface area contributed by atoms with Crippen LogP contribution < -0.4 is 5.32 Å². The van der Waals surface area contributed by atoms with Gasteiger partial charge in [0.25, 0.3) is 0 Å². The monoisotopic (exact) mass is 1370 g/mol. The van der Waals surface area contributed by atoms with Crippen molar-refractivity contribution < 1.29 is 89.4 Å². The molecule has 0 aliphatic carbocycles. The SMILES string of the molecule is CC/C=C\C/C=C\C/C=C\C/C=C\C/C=C\C/C=C\C/C=C\C/C=C\C/C=C\CCCCCCCCCCCC(=O)NC(COC1OC(CO)C(OC2OC(CO)C(OC3OC(CO)C(O)C(O)C3O)C(O)C2O)C(O)C1O)C(O)/C=C/CC/C=C/CC/C=C/CCCCCCC. The van der Waals surface area contributed by atoms with Crippen LogP contribution in [-0.2, 0) is 33.2 Å². The molecule has 17 unspecified atom stereocenters. The van der Waals surface area contributed by atoms with Crippen molar-refractivity contribution >= 4 is 5.91 Å². The number of hydrogen-bond donors (Lipinski definition) is 12. The van der Waals surface area contributed by atoms with Crippen LogP contribution >= 0.6 is 0 Å². The fourth-order valence-electron chi connectivity index (χ4n) is 11.2. The zero-order valence-corrected chi connectivity index (χ0v) is 58.5. The van der Waals surface area contributed by atoms with Gasteiger partial charge in [0.15, 0.2) is 18.9 Å². The Morgan fingerprint density at radius 1 is 0.381 bits per heavy atom. The summed E-state index contributed by atoms with van der Waals surface area (Å²) in [6.07, 6.45) is 55.4. The van der Waals surface area contributed by atoms with Crippen LogP contribution in [0.5, 0.6) is 0 Å². The first-order valence-electron chi connectivity index (χ1n) is 36.6. The number of carbonyl (C=O) groups excluding carboxylic acids is 1. The van der Waals surface area contributed by atoms with Crippen LogP contribution in [0.4, 0.5) is 0 Å². The van der Waals surface area contributed by atoms with Crippen LogP contribution in [-0.4, -0.2) is 193 Å². The van der Waals surface area contributed by atoms with E-state index in [0.717, 1.165) is 116 Å². The summed E-state index contributed by atoms with van der Waals surface area (Å²) in [6.45, 7) is 1.54. The molecule has 3 saturated heterocycles. The molecule has 97 heavy (non-hydrogen) atoms. The fourth-order valence-corrected chi connectivity index (χ4v) is 11.2. The van der Waals surface area contributed by atoms with Crippen molar-refractivity contribution in [3.8, 4) is 0 Å². The Hall–Kier alpha value is -4.33. The molecule has 1 amide bonds. The normalized spacial score (nSPS) is 27.8. The number of hydrogen-bond acceptors (Lipinski definition) is 18. The first-order valence-corrected chi connectivity index (χ1v) is 36.6. The van der Waals surface area contributed by atoms with Gasteiger partial charge in [-0.2, -0.15) is 0 Å². The van der Waals surface area contributed by atoms with Gasteiger partial charge >= 0.3 is 0 Å². The Bertz CT molecular complexity index is 2320. The highest BCUT2D eigenvalue weighted by molar-refractivity contribution is 5.76. The standard InChI is InChI=1S/C78H127NO18/c1-3-5-7-9-11-13-15-17-19-20-21-22-23-24-25-26-27-28-29-30-31-32-33-34-35-36-37-38-39-40-42-44-46-48-50-52-54-56-66(84)79-61(62(83)55-53-51-49-47-45-43-41-18-16-14-12-10-8-6-4-2)60-92-76-72(90)69(87)74(64(58-81)94-76)97-78-73(91)70(88)75(65(59-82)95-78)96-77-71(89)68(86)67(85)63(57-80)93-77/h5,7,11,13,16-19,21-22,24-25,27-28,30-31,33-34,36-37,45,47,53,55,61-65,67-78,80-83,85-91H,3-4,6,8-10,12,14-15,20,23,26,29,32,35,38-44,46,48-52,54,56-60H2,1-2H3,(H,79,84)/b7-5-,13-11-,18-16+,19-17-,22-21-,25-24-,28-27-,31-30-,34-33-,37-36-,47-45+,55-53+. The highest BCUT2D eigenvalue weighted by Crippen LogP contribution is 2.33. The number of amides is 1. The minimum Gasteiger partial charge on any atom is -0.394 e. The molecule has 0 radical (unpaired) electrons. The molecule has 19 nitrogen and oxygen atoms in total. The van der Waals surface area contributed by atoms with Gasteiger partial charge < -0.3 is 89.9 Å². The third-order valence-electron chi connectivity index (χ3n) is 17.1. The highest BCUT2D eigenvalue weighted by atomic mass is 16.8. The van der Waals surface area contributed by atoms with Crippen molar-refractivity contribution in [1.82, 2.24) is 5.32 Å². The van der Waals surface area contributed by atoms with Crippen molar-refractivity contribution in [3.05, 3.63) is 146 Å². The number of carbonyl (C=O) groups is 1. The van der Waals surface area contributed by atoms with Crippen LogP contribution in [0.2, 0.25) is 0 Å². The number of nitrogens with one attached hydrogen (secondary N) is 1. The average molecular weight is 1370 g/mol. The van der Waals surface area contributed by atoms with Gasteiger partial charge in [-0.3, -0.25) is 4.79 Å². The van der Waals surface area contributed by atoms with E-state index in [1.54, 1.807) is 6.08 Å². The third kappa shape index (κ3) is 38.3. The van der Waals surface area contributed by atoms with Crippen molar-refractivity contribution in [2.45, 2.75) is 311 Å². The second-order valence-corrected chi connectivity index (χ2v) is 25.3. The van der Waals surface area contributed by atoms with Crippen LogP contribution in [0.1, 0.15) is 206 Å². The smallest absolute Gasteiger partial charge is 0.220 e. The van der Waals surface area contributed by atoms with Gasteiger partial charge in [-0.05, 0) is 116 Å². The molecule has 19 heteroatoms. The second-order valence-electron chi connectivity index (χ2n) is 25.3. The van der Waals surface area contributed by atoms with Gasteiger partial charge in [-0.25, -0.2) is 0 Å². The Kier molecular flexibility index (Phi) is 51.3. The first kappa shape index (κ1) is 86.9. The van der Waals surface area contributed by atoms with Gasteiger partial charge in [-0.1, -0.05) is 230 Å². The molecule has 3 heterocycles. The summed E-state index contributed by atoms with van der Waals surface area (Å²) in [5.41, 5.74) is 0. The van der Waals surface area contributed by atoms with Crippen molar-refractivity contribution in [3.63, 3.8) is 0 Å². The van der Waals surface area contributed by atoms with E-state index >= 15 is 0 Å². The maximum atomic E-state index is 13.4. The summed E-state index contributed by atoms with van der Waals surface area (Å²) < 4.78 is 34.3. The molecule has 3 fully saturated rings. The number of rotatable bonds is 54. The largest absolute Gasteiger partial charge is 0.394 e. The predicted octanol–water partition coefficient (Wildman–Crippen LogP) is 10.7. The molecule has 3 rings (SSSR count). The molecule has 0 bridgehead atoms. The minimum absolute atomic E-state index is 0.215. The Morgan fingerprint density at radius 3 is 1.15 bits per heavy atom. The number of allylic oxidation sites excluding steroid dienone is 23. The molecule has 0 saturated carbocycles. The molecule has 552 valence electrons. The molecule has 3 aliphatic heterocycles. The molecular weight excluding hydrogens is 1240 g/mol. The quantitative estimate of drug-likeness (QED) is 0.0199. The molecule has 0 aromatic carbocycles. The zero-order chi connectivity index (χ0) is 70.4. The fraction of sp³-hybridized carbons (Fsp3) is 0.679. The van der Waals surface area contributed by atoms with Gasteiger partial charge in [0.1, 0.15) is 73.2 Å². The van der Waals surface area contributed by atoms with Crippen LogP contribution in [0.25, 0.3) is 0 Å². The summed E-state index contributed by atoms with van der Waals surface area (Å²) in [4.78, 5) is 13.4. The van der Waals surface area contributed by atoms with Crippen LogP contribution in [0.3, 0.4) is 0 Å². The van der Waals surface area contributed by atoms with Crippen molar-refractivity contribution in [1.29, 1.82) is 0 Å². The molecule has 0 aromatic rings. The summed E-state index contributed by atoms with van der Waals surface area (Å²) in [5, 5.41) is 120. The van der Waals surface area contributed by atoms with E-state index in [-0.39, 0.29) is 18.9 Å². The molecule has 3 aliphatic rings. The van der Waals surface area contributed by atoms with E-state index in [4.69, 9.17) is 28.4 Å².